The maximum Gasteiger partial charge on any atom is 0.326 e. The number of carboxylic acids is 1. The highest BCUT2D eigenvalue weighted by Crippen LogP contribution is 2.25. The molecule has 6 heteroatoms. The van der Waals surface area contributed by atoms with Gasteiger partial charge in [-0.25, -0.2) is 4.79 Å². The van der Waals surface area contributed by atoms with Gasteiger partial charge in [-0.15, -0.1) is 0 Å². The number of nitrogens with one attached hydrogen (secondary N) is 1. The van der Waals surface area contributed by atoms with E-state index in [2.05, 4.69) is 5.32 Å². The summed E-state index contributed by atoms with van der Waals surface area (Å²) in [6.07, 6.45) is 0.324. The number of thioether (sulfide) groups is 1. The zero-order chi connectivity index (χ0) is 15.9. The fourth-order valence-electron chi connectivity index (χ4n) is 1.86. The molecule has 0 aliphatic carbocycles. The molecule has 116 valence electrons. The Morgan fingerprint density at radius 3 is 2.48 bits per heavy atom. The molecular weight excluding hydrogens is 290 g/mol. The predicted molar refractivity (Wildman–Crippen MR) is 83.2 cm³/mol. The standard InChI is InChI=1S/C15H21NO4S/c1-11(17)16-13(14(18)19)8-9-21-10-15(2,20)12-6-4-3-5-7-12/h3-7,13,20H,8-10H2,1-2H3,(H,16,17)(H,18,19). The second-order valence-electron chi connectivity index (χ2n) is 5.07. The van der Waals surface area contributed by atoms with Crippen LogP contribution in [0.3, 0.4) is 0 Å². The lowest BCUT2D eigenvalue weighted by Gasteiger charge is -2.23. The molecule has 0 saturated carbocycles. The number of aliphatic hydroxyl groups is 1. The summed E-state index contributed by atoms with van der Waals surface area (Å²) < 4.78 is 0. The van der Waals surface area contributed by atoms with Crippen molar-refractivity contribution >= 4 is 23.6 Å². The molecule has 2 unspecified atom stereocenters. The van der Waals surface area contributed by atoms with Gasteiger partial charge in [0.25, 0.3) is 0 Å². The van der Waals surface area contributed by atoms with Crippen LogP contribution in [0.15, 0.2) is 30.3 Å². The minimum absolute atomic E-state index is 0.324. The molecule has 1 amide bonds. The molecule has 1 rings (SSSR count). The van der Waals surface area contributed by atoms with Crippen LogP contribution >= 0.6 is 11.8 Å². The molecule has 1 aromatic carbocycles. The summed E-state index contributed by atoms with van der Waals surface area (Å²) in [6.45, 7) is 3.03. The van der Waals surface area contributed by atoms with Crippen molar-refractivity contribution in [1.82, 2.24) is 5.32 Å². The van der Waals surface area contributed by atoms with E-state index < -0.39 is 17.6 Å². The van der Waals surface area contributed by atoms with E-state index in [9.17, 15) is 14.7 Å². The molecular formula is C15H21NO4S. The monoisotopic (exact) mass is 311 g/mol. The van der Waals surface area contributed by atoms with E-state index in [0.29, 0.717) is 17.9 Å². The molecule has 0 spiro atoms. The lowest BCUT2D eigenvalue weighted by atomic mass is 9.99. The predicted octanol–water partition coefficient (Wildman–Crippen LogP) is 1.61. The van der Waals surface area contributed by atoms with Gasteiger partial charge < -0.3 is 15.5 Å². The fraction of sp³-hybridized carbons (Fsp3) is 0.467. The average molecular weight is 311 g/mol. The second-order valence-corrected chi connectivity index (χ2v) is 6.18. The van der Waals surface area contributed by atoms with E-state index >= 15 is 0 Å². The Morgan fingerprint density at radius 1 is 1.33 bits per heavy atom. The van der Waals surface area contributed by atoms with Crippen molar-refractivity contribution in [2.75, 3.05) is 11.5 Å². The number of carbonyl (C=O) groups excluding carboxylic acids is 1. The van der Waals surface area contributed by atoms with Crippen LogP contribution in [0.5, 0.6) is 0 Å². The third-order valence-electron chi connectivity index (χ3n) is 3.01. The molecule has 0 saturated heterocycles. The Kier molecular flexibility index (Phi) is 6.71. The highest BCUT2D eigenvalue weighted by molar-refractivity contribution is 7.99. The molecule has 3 N–H and O–H groups in total. The van der Waals surface area contributed by atoms with Gasteiger partial charge in [-0.05, 0) is 24.7 Å². The van der Waals surface area contributed by atoms with Crippen LogP contribution < -0.4 is 5.32 Å². The zero-order valence-corrected chi connectivity index (χ0v) is 13.0. The van der Waals surface area contributed by atoms with E-state index in [4.69, 9.17) is 5.11 Å². The molecule has 0 aliphatic rings. The maximum atomic E-state index is 11.0. The number of hydrogen-bond donors (Lipinski definition) is 3. The molecule has 0 fully saturated rings. The lowest BCUT2D eigenvalue weighted by Crippen LogP contribution is -2.40. The van der Waals surface area contributed by atoms with Crippen LogP contribution in [0.1, 0.15) is 25.8 Å². The topological polar surface area (TPSA) is 86.6 Å². The quantitative estimate of drug-likeness (QED) is 0.635. The number of carboxylic acid groups (broad SMARTS) is 1. The van der Waals surface area contributed by atoms with Gasteiger partial charge >= 0.3 is 5.97 Å². The molecule has 2 atom stereocenters. The minimum Gasteiger partial charge on any atom is -0.480 e. The van der Waals surface area contributed by atoms with Crippen molar-refractivity contribution < 1.29 is 19.8 Å². The van der Waals surface area contributed by atoms with E-state index in [1.807, 2.05) is 30.3 Å². The van der Waals surface area contributed by atoms with Gasteiger partial charge in [0.1, 0.15) is 6.04 Å². The van der Waals surface area contributed by atoms with E-state index in [1.54, 1.807) is 6.92 Å². The van der Waals surface area contributed by atoms with Gasteiger partial charge in [0.2, 0.25) is 5.91 Å². The molecule has 0 aliphatic heterocycles. The van der Waals surface area contributed by atoms with Gasteiger partial charge in [-0.1, -0.05) is 30.3 Å². The highest BCUT2D eigenvalue weighted by atomic mass is 32.2. The summed E-state index contributed by atoms with van der Waals surface area (Å²) >= 11 is 1.46. The summed E-state index contributed by atoms with van der Waals surface area (Å²) in [7, 11) is 0. The van der Waals surface area contributed by atoms with Crippen LogP contribution in [-0.2, 0) is 15.2 Å². The molecule has 0 bridgehead atoms. The largest absolute Gasteiger partial charge is 0.480 e. The first-order valence-electron chi connectivity index (χ1n) is 6.68. The number of amides is 1. The first-order valence-corrected chi connectivity index (χ1v) is 7.84. The maximum absolute atomic E-state index is 11.0. The Bertz CT molecular complexity index is 476. The van der Waals surface area contributed by atoms with Gasteiger partial charge in [0.15, 0.2) is 0 Å². The van der Waals surface area contributed by atoms with Crippen molar-refractivity contribution in [2.45, 2.75) is 31.9 Å². The summed E-state index contributed by atoms with van der Waals surface area (Å²) in [6, 6.07) is 8.46. The van der Waals surface area contributed by atoms with Crippen molar-refractivity contribution in [1.29, 1.82) is 0 Å². The normalized spacial score (nSPS) is 15.0. The highest BCUT2D eigenvalue weighted by Gasteiger charge is 2.23. The van der Waals surface area contributed by atoms with Gasteiger partial charge in [0.05, 0.1) is 5.60 Å². The van der Waals surface area contributed by atoms with Gasteiger partial charge in [-0.3, -0.25) is 4.79 Å². The van der Waals surface area contributed by atoms with Crippen LogP contribution in [-0.4, -0.2) is 39.6 Å². The van der Waals surface area contributed by atoms with Crippen molar-refractivity contribution in [3.63, 3.8) is 0 Å². The van der Waals surface area contributed by atoms with Gasteiger partial charge in [-0.2, -0.15) is 11.8 Å². The van der Waals surface area contributed by atoms with Crippen LogP contribution in [0.25, 0.3) is 0 Å². The average Bonchev–Trinajstić information content (AvgIpc) is 2.42. The SMILES string of the molecule is CC(=O)NC(CCSCC(C)(O)c1ccccc1)C(=O)O. The number of rotatable bonds is 8. The molecule has 21 heavy (non-hydrogen) atoms. The third kappa shape index (κ3) is 6.18. The molecule has 5 nitrogen and oxygen atoms in total. The summed E-state index contributed by atoms with van der Waals surface area (Å²) in [5.74, 6) is -0.395. The van der Waals surface area contributed by atoms with Crippen molar-refractivity contribution in [3.05, 3.63) is 35.9 Å². The summed E-state index contributed by atoms with van der Waals surface area (Å²) in [5, 5.41) is 21.8. The van der Waals surface area contributed by atoms with Crippen LogP contribution in [0.2, 0.25) is 0 Å². The van der Waals surface area contributed by atoms with Crippen molar-refractivity contribution in [2.24, 2.45) is 0 Å². The molecule has 1 aromatic rings. The first-order chi connectivity index (χ1) is 9.83. The number of carbonyl (C=O) groups is 2. The molecule has 0 heterocycles. The smallest absolute Gasteiger partial charge is 0.326 e. The summed E-state index contributed by atoms with van der Waals surface area (Å²) in [4.78, 5) is 21.9. The number of benzene rings is 1. The Balaban J connectivity index is 2.42. The second kappa shape index (κ2) is 8.05. The lowest BCUT2D eigenvalue weighted by molar-refractivity contribution is -0.141. The van der Waals surface area contributed by atoms with Gasteiger partial charge in [0, 0.05) is 12.7 Å². The fourth-order valence-corrected chi connectivity index (χ4v) is 2.97. The number of aliphatic carboxylic acids is 1. The third-order valence-corrected chi connectivity index (χ3v) is 4.30. The zero-order valence-electron chi connectivity index (χ0n) is 12.2. The van der Waals surface area contributed by atoms with Crippen molar-refractivity contribution in [3.8, 4) is 0 Å². The minimum atomic E-state index is -1.04. The van der Waals surface area contributed by atoms with E-state index in [0.717, 1.165) is 5.56 Å². The van der Waals surface area contributed by atoms with E-state index in [-0.39, 0.29) is 5.91 Å². The molecule has 0 radical (unpaired) electrons. The van der Waals surface area contributed by atoms with E-state index in [1.165, 1.54) is 18.7 Å². The summed E-state index contributed by atoms with van der Waals surface area (Å²) in [5.41, 5.74) is -0.132. The molecule has 0 aromatic heterocycles. The Morgan fingerprint density at radius 2 is 1.95 bits per heavy atom. The first kappa shape index (κ1) is 17.5. The number of hydrogen-bond acceptors (Lipinski definition) is 4. The van der Waals surface area contributed by atoms with Crippen LogP contribution in [0.4, 0.5) is 0 Å². The van der Waals surface area contributed by atoms with Crippen LogP contribution in [0, 0.1) is 0 Å². The Hall–Kier alpha value is -1.53. The Labute approximate surface area is 128 Å².